The van der Waals surface area contributed by atoms with Crippen LogP contribution in [0.2, 0.25) is 0 Å². The van der Waals surface area contributed by atoms with Crippen molar-refractivity contribution in [3.05, 3.63) is 16.1 Å². The summed E-state index contributed by atoms with van der Waals surface area (Å²) in [5.74, 6) is -0.365. The number of methoxy groups -OCH3 is 1. The second-order valence-electron chi connectivity index (χ2n) is 3.20. The Kier molecular flexibility index (Phi) is 6.76. The Morgan fingerprint density at radius 3 is 2.94 bits per heavy atom. The molecule has 0 atom stereocenters. The molecule has 1 heterocycles. The Morgan fingerprint density at radius 2 is 2.24 bits per heavy atom. The predicted molar refractivity (Wildman–Crippen MR) is 64.5 cm³/mol. The van der Waals surface area contributed by atoms with E-state index in [0.29, 0.717) is 38.5 Å². The highest BCUT2D eigenvalue weighted by Crippen LogP contribution is 2.11. The molecule has 0 aromatic carbocycles. The molecule has 0 aliphatic carbocycles. The number of hydrogen-bond acceptors (Lipinski definition) is 6. The number of aromatic nitrogens is 1. The number of rotatable bonds is 8. The van der Waals surface area contributed by atoms with Crippen LogP contribution < -0.4 is 0 Å². The molecule has 0 bridgehead atoms. The maximum Gasteiger partial charge on any atom is 0.357 e. The lowest BCUT2D eigenvalue weighted by atomic mass is 10.4. The first-order chi connectivity index (χ1) is 8.27. The van der Waals surface area contributed by atoms with Crippen molar-refractivity contribution < 1.29 is 19.0 Å². The van der Waals surface area contributed by atoms with E-state index in [1.54, 1.807) is 19.4 Å². The summed E-state index contributed by atoms with van der Waals surface area (Å²) in [4.78, 5) is 15.5. The topological polar surface area (TPSA) is 57.7 Å². The van der Waals surface area contributed by atoms with Crippen molar-refractivity contribution >= 4 is 17.3 Å². The number of hydrogen-bond donors (Lipinski definition) is 0. The van der Waals surface area contributed by atoms with Crippen molar-refractivity contribution in [2.75, 3.05) is 33.5 Å². The lowest BCUT2D eigenvalue weighted by Gasteiger charge is -2.01. The number of esters is 1. The highest BCUT2D eigenvalue weighted by Gasteiger charge is 2.11. The van der Waals surface area contributed by atoms with Gasteiger partial charge in [-0.3, -0.25) is 0 Å². The first kappa shape index (κ1) is 14.1. The summed E-state index contributed by atoms with van der Waals surface area (Å²) in [6, 6.07) is 0. The molecule has 0 fully saturated rings. The monoisotopic (exact) mass is 259 g/mol. The standard InChI is InChI=1S/C11H17NO4S/c1-3-16-11(13)9-8-17-10(12-9)4-5-15-7-6-14-2/h8H,3-7H2,1-2H3. The maximum absolute atomic E-state index is 11.3. The first-order valence-electron chi connectivity index (χ1n) is 5.46. The van der Waals surface area contributed by atoms with Gasteiger partial charge in [-0.15, -0.1) is 11.3 Å². The minimum Gasteiger partial charge on any atom is -0.461 e. The van der Waals surface area contributed by atoms with Gasteiger partial charge < -0.3 is 14.2 Å². The van der Waals surface area contributed by atoms with Gasteiger partial charge in [-0.25, -0.2) is 9.78 Å². The molecule has 0 aliphatic heterocycles. The minimum atomic E-state index is -0.365. The fraction of sp³-hybridized carbons (Fsp3) is 0.636. The van der Waals surface area contributed by atoms with Crippen molar-refractivity contribution in [3.8, 4) is 0 Å². The van der Waals surface area contributed by atoms with Crippen molar-refractivity contribution in [2.24, 2.45) is 0 Å². The second kappa shape index (κ2) is 8.16. The summed E-state index contributed by atoms with van der Waals surface area (Å²) in [5.41, 5.74) is 0.378. The number of thiazole rings is 1. The zero-order chi connectivity index (χ0) is 12.5. The third-order valence-corrected chi connectivity index (χ3v) is 2.84. The van der Waals surface area contributed by atoms with Crippen LogP contribution in [0.3, 0.4) is 0 Å². The lowest BCUT2D eigenvalue weighted by molar-refractivity contribution is 0.0519. The molecule has 1 aromatic rings. The average Bonchev–Trinajstić information content (AvgIpc) is 2.78. The molecule has 0 amide bonds. The van der Waals surface area contributed by atoms with Gasteiger partial charge in [-0.2, -0.15) is 0 Å². The summed E-state index contributed by atoms with van der Waals surface area (Å²) in [6.07, 6.45) is 0.702. The zero-order valence-corrected chi connectivity index (χ0v) is 10.9. The number of ether oxygens (including phenoxy) is 3. The Balaban J connectivity index is 2.28. The quantitative estimate of drug-likeness (QED) is 0.523. The van der Waals surface area contributed by atoms with Crippen molar-refractivity contribution in [3.63, 3.8) is 0 Å². The molecule has 0 spiro atoms. The van der Waals surface area contributed by atoms with Gasteiger partial charge in [0.2, 0.25) is 0 Å². The van der Waals surface area contributed by atoms with Gasteiger partial charge in [0, 0.05) is 18.9 Å². The van der Waals surface area contributed by atoms with Crippen LogP contribution in [0.15, 0.2) is 5.38 Å². The molecule has 0 unspecified atom stereocenters. The van der Waals surface area contributed by atoms with Crippen LogP contribution in [0.25, 0.3) is 0 Å². The van der Waals surface area contributed by atoms with Gasteiger partial charge in [-0.05, 0) is 6.92 Å². The molecule has 0 radical (unpaired) electrons. The Labute approximate surface area is 105 Å². The Bertz CT molecular complexity index is 340. The van der Waals surface area contributed by atoms with Crippen molar-refractivity contribution in [1.29, 1.82) is 0 Å². The van der Waals surface area contributed by atoms with Gasteiger partial charge in [0.05, 0.1) is 31.4 Å². The largest absolute Gasteiger partial charge is 0.461 e. The van der Waals surface area contributed by atoms with E-state index < -0.39 is 0 Å². The van der Waals surface area contributed by atoms with E-state index in [1.165, 1.54) is 11.3 Å². The molecule has 1 rings (SSSR count). The number of carbonyl (C=O) groups is 1. The van der Waals surface area contributed by atoms with Crippen molar-refractivity contribution in [2.45, 2.75) is 13.3 Å². The third kappa shape index (κ3) is 5.25. The van der Waals surface area contributed by atoms with Gasteiger partial charge in [0.25, 0.3) is 0 Å². The summed E-state index contributed by atoms with van der Waals surface area (Å²) < 4.78 is 15.0. The normalized spacial score (nSPS) is 10.5. The maximum atomic E-state index is 11.3. The molecule has 96 valence electrons. The van der Waals surface area contributed by atoms with Crippen LogP contribution in [0, 0.1) is 0 Å². The van der Waals surface area contributed by atoms with Crippen molar-refractivity contribution in [1.82, 2.24) is 4.98 Å². The van der Waals surface area contributed by atoms with E-state index in [0.717, 1.165) is 5.01 Å². The van der Waals surface area contributed by atoms with Crippen LogP contribution in [-0.2, 0) is 20.6 Å². The van der Waals surface area contributed by atoms with E-state index in [4.69, 9.17) is 14.2 Å². The molecular formula is C11H17NO4S. The van der Waals surface area contributed by atoms with Gasteiger partial charge in [-0.1, -0.05) is 0 Å². The highest BCUT2D eigenvalue weighted by atomic mass is 32.1. The fourth-order valence-electron chi connectivity index (χ4n) is 1.13. The summed E-state index contributed by atoms with van der Waals surface area (Å²) in [5, 5.41) is 2.59. The molecule has 1 aromatic heterocycles. The van der Waals surface area contributed by atoms with E-state index in [1.807, 2.05) is 0 Å². The predicted octanol–water partition coefficient (Wildman–Crippen LogP) is 1.53. The SMILES string of the molecule is CCOC(=O)c1csc(CCOCCOC)n1. The molecule has 6 heteroatoms. The molecule has 17 heavy (non-hydrogen) atoms. The summed E-state index contributed by atoms with van der Waals surface area (Å²) in [7, 11) is 1.63. The van der Waals surface area contributed by atoms with Gasteiger partial charge in [0.1, 0.15) is 0 Å². The molecule has 5 nitrogen and oxygen atoms in total. The fourth-order valence-corrected chi connectivity index (χ4v) is 1.88. The molecule has 0 aliphatic rings. The van der Waals surface area contributed by atoms with E-state index >= 15 is 0 Å². The average molecular weight is 259 g/mol. The Hall–Kier alpha value is -0.980. The number of nitrogens with zero attached hydrogens (tertiary/aromatic N) is 1. The summed E-state index contributed by atoms with van der Waals surface area (Å²) in [6.45, 7) is 3.89. The lowest BCUT2D eigenvalue weighted by Crippen LogP contribution is -2.06. The zero-order valence-electron chi connectivity index (χ0n) is 10.1. The van der Waals surface area contributed by atoms with Crippen LogP contribution in [0.4, 0.5) is 0 Å². The van der Waals surface area contributed by atoms with E-state index in [-0.39, 0.29) is 5.97 Å². The van der Waals surface area contributed by atoms with E-state index in [9.17, 15) is 4.79 Å². The molecular weight excluding hydrogens is 242 g/mol. The van der Waals surface area contributed by atoms with Gasteiger partial charge >= 0.3 is 5.97 Å². The van der Waals surface area contributed by atoms with Gasteiger partial charge in [0.15, 0.2) is 5.69 Å². The van der Waals surface area contributed by atoms with Crippen LogP contribution >= 0.6 is 11.3 Å². The number of carbonyl (C=O) groups excluding carboxylic acids is 1. The smallest absolute Gasteiger partial charge is 0.357 e. The summed E-state index contributed by atoms with van der Waals surface area (Å²) >= 11 is 1.44. The van der Waals surface area contributed by atoms with Crippen LogP contribution in [0.5, 0.6) is 0 Å². The minimum absolute atomic E-state index is 0.365. The van der Waals surface area contributed by atoms with Crippen LogP contribution in [0.1, 0.15) is 22.4 Å². The molecule has 0 saturated carbocycles. The first-order valence-corrected chi connectivity index (χ1v) is 6.34. The van der Waals surface area contributed by atoms with E-state index in [2.05, 4.69) is 4.98 Å². The highest BCUT2D eigenvalue weighted by molar-refractivity contribution is 7.09. The molecule has 0 N–H and O–H groups in total. The third-order valence-electron chi connectivity index (χ3n) is 1.93. The second-order valence-corrected chi connectivity index (χ2v) is 4.14. The Morgan fingerprint density at radius 1 is 1.41 bits per heavy atom. The van der Waals surface area contributed by atoms with Crippen LogP contribution in [-0.4, -0.2) is 44.5 Å². The molecule has 0 saturated heterocycles.